The lowest BCUT2D eigenvalue weighted by Gasteiger charge is -2.24. The monoisotopic (exact) mass is 477 g/mol. The van der Waals surface area contributed by atoms with Crippen molar-refractivity contribution >= 4 is 0 Å². The Morgan fingerprint density at radius 3 is 2.59 bits per heavy atom. The Kier molecular flexibility index (Phi) is 6.69. The molecule has 2 heterocycles. The van der Waals surface area contributed by atoms with E-state index in [0.717, 1.165) is 12.1 Å². The highest BCUT2D eigenvalue weighted by molar-refractivity contribution is 5.75. The number of rotatable bonds is 6. The van der Waals surface area contributed by atoms with Crippen molar-refractivity contribution in [3.63, 3.8) is 0 Å². The van der Waals surface area contributed by atoms with Gasteiger partial charge in [-0.1, -0.05) is 19.9 Å². The minimum atomic E-state index is -4.49. The summed E-state index contributed by atoms with van der Waals surface area (Å²) in [6.07, 6.45) is -1.48. The van der Waals surface area contributed by atoms with Crippen LogP contribution in [-0.4, -0.2) is 34.8 Å². The number of hydrogen-bond donors (Lipinski definition) is 1. The molecular formula is C25H27F4N3O2. The smallest absolute Gasteiger partial charge is 0.416 e. The van der Waals surface area contributed by atoms with Crippen LogP contribution in [0.1, 0.15) is 55.3 Å². The van der Waals surface area contributed by atoms with Gasteiger partial charge in [0.15, 0.2) is 0 Å². The van der Waals surface area contributed by atoms with Gasteiger partial charge in [0.1, 0.15) is 30.2 Å². The maximum absolute atomic E-state index is 14.6. The molecule has 0 aliphatic carbocycles. The number of hydrogen-bond acceptors (Lipinski definition) is 4. The maximum atomic E-state index is 14.6. The van der Waals surface area contributed by atoms with Crippen molar-refractivity contribution in [1.82, 2.24) is 14.9 Å². The van der Waals surface area contributed by atoms with E-state index in [1.807, 2.05) is 25.7 Å². The normalized spacial score (nSPS) is 19.2. The number of methoxy groups -OCH3 is 1. The molecule has 1 fully saturated rings. The lowest BCUT2D eigenvalue weighted by atomic mass is 9.92. The highest BCUT2D eigenvalue weighted by Crippen LogP contribution is 2.40. The van der Waals surface area contributed by atoms with E-state index in [0.29, 0.717) is 28.1 Å². The number of nitrogens with zero attached hydrogens (tertiary/aromatic N) is 2. The van der Waals surface area contributed by atoms with Crippen molar-refractivity contribution in [2.24, 2.45) is 0 Å². The van der Waals surface area contributed by atoms with E-state index in [1.165, 1.54) is 19.2 Å². The van der Waals surface area contributed by atoms with Crippen LogP contribution in [0.3, 0.4) is 0 Å². The van der Waals surface area contributed by atoms with Gasteiger partial charge in [-0.15, -0.1) is 0 Å². The number of H-pyrrole nitrogens is 1. The van der Waals surface area contributed by atoms with Crippen molar-refractivity contribution in [2.75, 3.05) is 13.8 Å². The van der Waals surface area contributed by atoms with Gasteiger partial charge in [-0.2, -0.15) is 13.2 Å². The van der Waals surface area contributed by atoms with Gasteiger partial charge < -0.3 is 14.5 Å². The second kappa shape index (κ2) is 9.38. The fourth-order valence-electron chi connectivity index (χ4n) is 4.33. The number of imidazole rings is 1. The van der Waals surface area contributed by atoms with E-state index in [4.69, 9.17) is 9.47 Å². The van der Waals surface area contributed by atoms with Crippen LogP contribution in [0.4, 0.5) is 17.6 Å². The Balaban J connectivity index is 1.77. The molecule has 0 unspecified atom stereocenters. The van der Waals surface area contributed by atoms with Crippen LogP contribution < -0.4 is 4.74 Å². The average molecular weight is 478 g/mol. The van der Waals surface area contributed by atoms with Gasteiger partial charge in [-0.05, 0) is 47.7 Å². The molecule has 1 aliphatic heterocycles. The zero-order chi connectivity index (χ0) is 24.6. The van der Waals surface area contributed by atoms with Gasteiger partial charge in [0.2, 0.25) is 0 Å². The van der Waals surface area contributed by atoms with Crippen LogP contribution in [0.15, 0.2) is 42.7 Å². The summed E-state index contributed by atoms with van der Waals surface area (Å²) in [6.45, 7) is 6.11. The minimum Gasteiger partial charge on any atom is -0.496 e. The number of halogens is 4. The molecule has 0 saturated carbocycles. The van der Waals surface area contributed by atoms with Crippen molar-refractivity contribution in [2.45, 2.75) is 51.6 Å². The first kappa shape index (κ1) is 24.2. The zero-order valence-electron chi connectivity index (χ0n) is 19.4. The number of benzene rings is 2. The molecule has 1 saturated heterocycles. The topological polar surface area (TPSA) is 50.4 Å². The highest BCUT2D eigenvalue weighted by Gasteiger charge is 2.36. The van der Waals surface area contributed by atoms with E-state index in [-0.39, 0.29) is 37.1 Å². The number of alkyl halides is 3. The standard InChI is InChI=1S/C25H27F4N3O2/c1-14(2)19-10-20(22(33-4)11-21(19)26)18-6-5-17(25(27,28)29)9-16(18)12-32-13-34-23(15(32)3)24-30-7-8-31-24/h5-11,14-15,23H,12-13H2,1-4H3,(H,30,31)/t15-,23+/m0/s1. The molecule has 182 valence electrons. The summed E-state index contributed by atoms with van der Waals surface area (Å²) in [4.78, 5) is 9.23. The number of ether oxygens (including phenoxy) is 2. The summed E-state index contributed by atoms with van der Waals surface area (Å²) in [6, 6.07) is 6.46. The van der Waals surface area contributed by atoms with Crippen LogP contribution in [-0.2, 0) is 17.5 Å². The van der Waals surface area contributed by atoms with Crippen LogP contribution in [0.5, 0.6) is 5.75 Å². The molecule has 1 aliphatic rings. The molecule has 9 heteroatoms. The summed E-state index contributed by atoms with van der Waals surface area (Å²) in [5.74, 6) is 0.415. The van der Waals surface area contributed by atoms with E-state index < -0.39 is 17.6 Å². The Morgan fingerprint density at radius 1 is 1.21 bits per heavy atom. The first-order valence-corrected chi connectivity index (χ1v) is 11.0. The molecule has 4 rings (SSSR count). The van der Waals surface area contributed by atoms with E-state index >= 15 is 0 Å². The molecule has 0 bridgehead atoms. The van der Waals surface area contributed by atoms with Crippen LogP contribution in [0, 0.1) is 5.82 Å². The third-order valence-electron chi connectivity index (χ3n) is 6.26. The molecule has 0 radical (unpaired) electrons. The lowest BCUT2D eigenvalue weighted by molar-refractivity contribution is -0.137. The zero-order valence-corrected chi connectivity index (χ0v) is 19.4. The van der Waals surface area contributed by atoms with Crippen LogP contribution >= 0.6 is 0 Å². The molecule has 3 aromatic rings. The molecule has 1 N–H and O–H groups in total. The van der Waals surface area contributed by atoms with Gasteiger partial charge in [0, 0.05) is 36.6 Å². The summed E-state index contributed by atoms with van der Waals surface area (Å²) in [5, 5.41) is 0. The summed E-state index contributed by atoms with van der Waals surface area (Å²) in [7, 11) is 1.42. The Labute approximate surface area is 195 Å². The molecule has 0 amide bonds. The third kappa shape index (κ3) is 4.67. The predicted molar refractivity (Wildman–Crippen MR) is 120 cm³/mol. The summed E-state index contributed by atoms with van der Waals surface area (Å²) in [5.41, 5.74) is 1.28. The Bertz CT molecular complexity index is 1150. The van der Waals surface area contributed by atoms with E-state index in [1.54, 1.807) is 18.5 Å². The average Bonchev–Trinajstić information content (AvgIpc) is 3.43. The van der Waals surface area contributed by atoms with Gasteiger partial charge >= 0.3 is 6.18 Å². The molecule has 1 aromatic heterocycles. The second-order valence-corrected chi connectivity index (χ2v) is 8.78. The van der Waals surface area contributed by atoms with Gasteiger partial charge in [0.25, 0.3) is 0 Å². The third-order valence-corrected chi connectivity index (χ3v) is 6.26. The fourth-order valence-corrected chi connectivity index (χ4v) is 4.33. The highest BCUT2D eigenvalue weighted by atomic mass is 19.4. The molecule has 5 nitrogen and oxygen atoms in total. The van der Waals surface area contributed by atoms with E-state index in [2.05, 4.69) is 9.97 Å². The van der Waals surface area contributed by atoms with Crippen LogP contribution in [0.25, 0.3) is 11.1 Å². The van der Waals surface area contributed by atoms with Crippen molar-refractivity contribution in [3.05, 3.63) is 71.1 Å². The molecule has 2 aromatic carbocycles. The predicted octanol–water partition coefficient (Wildman–Crippen LogP) is 6.29. The largest absolute Gasteiger partial charge is 0.496 e. The minimum absolute atomic E-state index is 0.108. The van der Waals surface area contributed by atoms with Gasteiger partial charge in [-0.3, -0.25) is 4.90 Å². The summed E-state index contributed by atoms with van der Waals surface area (Å²) >= 11 is 0. The number of aromatic amines is 1. The maximum Gasteiger partial charge on any atom is 0.416 e. The van der Waals surface area contributed by atoms with Crippen LogP contribution in [0.2, 0.25) is 0 Å². The van der Waals surface area contributed by atoms with E-state index in [9.17, 15) is 17.6 Å². The fraction of sp³-hybridized carbons (Fsp3) is 0.400. The number of nitrogens with one attached hydrogen (secondary N) is 1. The quantitative estimate of drug-likeness (QED) is 0.424. The first-order valence-electron chi connectivity index (χ1n) is 11.0. The molecule has 2 atom stereocenters. The van der Waals surface area contributed by atoms with Gasteiger partial charge in [0.05, 0.1) is 12.7 Å². The second-order valence-electron chi connectivity index (χ2n) is 8.78. The molecule has 0 spiro atoms. The SMILES string of the molecule is COc1cc(F)c(C(C)C)cc1-c1ccc(C(F)(F)F)cc1CN1CO[C@@H](c2ncc[nH]2)[C@@H]1C. The Morgan fingerprint density at radius 2 is 1.97 bits per heavy atom. The van der Waals surface area contributed by atoms with Crippen molar-refractivity contribution in [3.8, 4) is 16.9 Å². The lowest BCUT2D eigenvalue weighted by Crippen LogP contribution is -2.29. The van der Waals surface area contributed by atoms with Crippen molar-refractivity contribution < 1.29 is 27.0 Å². The number of aromatic nitrogens is 2. The molecule has 34 heavy (non-hydrogen) atoms. The first-order chi connectivity index (χ1) is 16.1. The summed E-state index contributed by atoms with van der Waals surface area (Å²) < 4.78 is 66.6. The van der Waals surface area contributed by atoms with Crippen molar-refractivity contribution in [1.29, 1.82) is 0 Å². The van der Waals surface area contributed by atoms with Gasteiger partial charge in [-0.25, -0.2) is 9.37 Å². The Hall–Kier alpha value is -2.91. The molecular weight excluding hydrogens is 450 g/mol.